The number of fused-ring (bicyclic) bond motifs is 6. The van der Waals surface area contributed by atoms with Gasteiger partial charge in [0.25, 0.3) is 0 Å². The predicted molar refractivity (Wildman–Crippen MR) is 312 cm³/mol. The van der Waals surface area contributed by atoms with Crippen LogP contribution in [0.1, 0.15) is 11.1 Å². The number of rotatable bonds is 3. The van der Waals surface area contributed by atoms with Crippen LogP contribution in [-0.4, -0.2) is 36.2 Å². The molecule has 77 heavy (non-hydrogen) atoms. The van der Waals surface area contributed by atoms with Crippen LogP contribution >= 0.6 is 45.2 Å². The van der Waals surface area contributed by atoms with Crippen LogP contribution in [0.4, 0.5) is 22.9 Å². The Balaban J connectivity index is 0.000000128. The molecule has 0 saturated carbocycles. The zero-order chi connectivity index (χ0) is 53.3. The maximum atomic E-state index is 8.73. The molecule has 0 saturated heterocycles. The Hall–Kier alpha value is -9.23. The number of ether oxygens (including phenoxy) is 2. The van der Waals surface area contributed by atoms with Gasteiger partial charge in [-0.2, -0.15) is 19.6 Å². The molecule has 0 amide bonds. The second-order valence-electron chi connectivity index (χ2n) is 16.4. The molecule has 2 aliphatic rings. The largest absolute Gasteiger partial charge is 0.504 e. The summed E-state index contributed by atoms with van der Waals surface area (Å²) in [5.74, 6) is 5.04. The summed E-state index contributed by atoms with van der Waals surface area (Å²) in [6.07, 6.45) is 6.18. The number of aromatic nitrogens is 5. The molecule has 0 aliphatic carbocycles. The Labute approximate surface area is 469 Å². The summed E-state index contributed by atoms with van der Waals surface area (Å²) >= 11 is 4.55. The van der Waals surface area contributed by atoms with Gasteiger partial charge in [-0.3, -0.25) is 0 Å². The molecule has 0 spiro atoms. The van der Waals surface area contributed by atoms with E-state index in [0.29, 0.717) is 28.7 Å². The van der Waals surface area contributed by atoms with E-state index in [9.17, 15) is 0 Å². The molecule has 14 nitrogen and oxygen atoms in total. The normalized spacial score (nSPS) is 11.0. The Morgan fingerprint density at radius 1 is 0.468 bits per heavy atom. The lowest BCUT2D eigenvalue weighted by atomic mass is 10.0. The smallest absolute Gasteiger partial charge is 0.373 e. The third-order valence-corrected chi connectivity index (χ3v) is 12.8. The number of oxazole rings is 2. The van der Waals surface area contributed by atoms with E-state index in [1.807, 2.05) is 140 Å². The first-order chi connectivity index (χ1) is 37.7. The number of carbonyl (C=O) groups excluding carboxylic acids is 2. The fourth-order valence-corrected chi connectivity index (χ4v) is 8.53. The molecule has 14 rings (SSSR count). The minimum Gasteiger partial charge on any atom is -0.504 e. The van der Waals surface area contributed by atoms with Crippen LogP contribution < -0.4 is 20.1 Å². The lowest BCUT2D eigenvalue weighted by Crippen LogP contribution is -2.15. The molecule has 3 N–H and O–H groups in total. The first-order valence-corrected chi connectivity index (χ1v) is 25.8. The van der Waals surface area contributed by atoms with E-state index >= 15 is 0 Å². The molecule has 378 valence electrons. The van der Waals surface area contributed by atoms with Crippen LogP contribution in [0.15, 0.2) is 240 Å². The molecule has 0 bridgehead atoms. The van der Waals surface area contributed by atoms with Crippen LogP contribution in [0.2, 0.25) is 0 Å². The van der Waals surface area contributed by atoms with Crippen molar-refractivity contribution in [3.8, 4) is 51.7 Å². The van der Waals surface area contributed by atoms with Gasteiger partial charge in [0.15, 0.2) is 45.5 Å². The summed E-state index contributed by atoms with van der Waals surface area (Å²) in [7, 11) is 0. The average molecular weight is 1240 g/mol. The number of anilines is 4. The highest BCUT2D eigenvalue weighted by atomic mass is 127. The quantitative estimate of drug-likeness (QED) is 0.159. The monoisotopic (exact) mass is 1240 g/mol. The Morgan fingerprint density at radius 2 is 0.883 bits per heavy atom. The van der Waals surface area contributed by atoms with Crippen LogP contribution in [0.25, 0.3) is 45.4 Å². The van der Waals surface area contributed by atoms with E-state index < -0.39 is 0 Å². The minimum atomic E-state index is 0.0347. The van der Waals surface area contributed by atoms with Gasteiger partial charge in [-0.1, -0.05) is 78.9 Å². The van der Waals surface area contributed by atoms with Gasteiger partial charge >= 0.3 is 6.15 Å². The Kier molecular flexibility index (Phi) is 17.6. The molecule has 5 aromatic heterocycles. The number of nitrogens with zero attached hydrogens (tertiary/aromatic N) is 6. The van der Waals surface area contributed by atoms with Crippen molar-refractivity contribution in [2.24, 2.45) is 0 Å². The molecular formula is C61H43I2N7O7. The Bertz CT molecular complexity index is 3690. The van der Waals surface area contributed by atoms with E-state index in [1.165, 1.54) is 30.5 Å². The van der Waals surface area contributed by atoms with Crippen molar-refractivity contribution in [3.63, 3.8) is 0 Å². The topological polar surface area (TPSA) is 193 Å². The maximum Gasteiger partial charge on any atom is 0.373 e. The summed E-state index contributed by atoms with van der Waals surface area (Å²) in [6, 6.07) is 69.4. The van der Waals surface area contributed by atoms with Crippen LogP contribution in [-0.2, 0) is 16.0 Å². The van der Waals surface area contributed by atoms with Crippen molar-refractivity contribution in [2.45, 2.75) is 6.42 Å². The van der Waals surface area contributed by atoms with E-state index in [2.05, 4.69) is 136 Å². The van der Waals surface area contributed by atoms with Crippen LogP contribution in [0, 0.1) is 7.14 Å². The molecule has 7 aromatic carbocycles. The van der Waals surface area contributed by atoms with Crippen molar-refractivity contribution >= 4 is 96.7 Å². The molecule has 12 aromatic rings. The lowest BCUT2D eigenvalue weighted by molar-refractivity contribution is -0.191. The summed E-state index contributed by atoms with van der Waals surface area (Å²) < 4.78 is 25.8. The molecular weight excluding hydrogens is 1200 g/mol. The molecule has 7 heterocycles. The molecule has 2 aliphatic heterocycles. The van der Waals surface area contributed by atoms with E-state index in [-0.39, 0.29) is 17.7 Å². The molecule has 0 radical (unpaired) electrons. The van der Waals surface area contributed by atoms with Gasteiger partial charge in [-0.15, -0.1) is 0 Å². The minimum absolute atomic E-state index is 0.0347. The number of aromatic hydroxyl groups is 1. The summed E-state index contributed by atoms with van der Waals surface area (Å²) in [4.78, 5) is 39.3. The zero-order valence-electron chi connectivity index (χ0n) is 40.6. The third-order valence-electron chi connectivity index (χ3n) is 11.3. The number of benzene rings is 7. The summed E-state index contributed by atoms with van der Waals surface area (Å²) in [5, 5.41) is 8.73. The van der Waals surface area contributed by atoms with Gasteiger partial charge in [0.05, 0.1) is 11.4 Å². The first kappa shape index (κ1) is 52.6. The van der Waals surface area contributed by atoms with Gasteiger partial charge in [-0.25, -0.2) is 15.0 Å². The van der Waals surface area contributed by atoms with Crippen molar-refractivity contribution in [1.82, 2.24) is 24.9 Å². The third kappa shape index (κ3) is 13.6. The van der Waals surface area contributed by atoms with Crippen LogP contribution in [0.3, 0.4) is 0 Å². The number of pyridine rings is 3. The number of para-hydroxylation sites is 6. The molecule has 16 heteroatoms. The van der Waals surface area contributed by atoms with Gasteiger partial charge in [0.1, 0.15) is 11.5 Å². The number of hydrogen-bond donors (Lipinski definition) is 2. The number of nitrogen functional groups attached to an aromatic ring is 1. The average Bonchev–Trinajstić information content (AvgIpc) is 4.15. The molecule has 0 unspecified atom stereocenters. The zero-order valence-corrected chi connectivity index (χ0v) is 44.9. The van der Waals surface area contributed by atoms with Crippen molar-refractivity contribution in [3.05, 3.63) is 249 Å². The highest BCUT2D eigenvalue weighted by molar-refractivity contribution is 14.1. The van der Waals surface area contributed by atoms with Crippen LogP contribution in [0.5, 0.6) is 28.7 Å². The SMILES string of the molecule is Ic1ccc(-c2nc3ncccc3o2)cc1.Ic1ccccc1.Nc1ncccc1O.O=C=O.c1ccc2c(c1)Cc1ccccc1O2.c1ccc2c(c1)Oc1ccccc1N2c1ccc(-c2nc3ncccc3o2)cc1. The lowest BCUT2D eigenvalue weighted by Gasteiger charge is -2.32. The van der Waals surface area contributed by atoms with Gasteiger partial charge in [0.2, 0.25) is 11.8 Å². The van der Waals surface area contributed by atoms with E-state index in [0.717, 1.165) is 63.2 Å². The number of halogens is 2. The van der Waals surface area contributed by atoms with E-state index in [1.54, 1.807) is 18.5 Å². The number of hydrogen-bond acceptors (Lipinski definition) is 14. The van der Waals surface area contributed by atoms with Gasteiger partial charge in [0, 0.05) is 49.0 Å². The van der Waals surface area contributed by atoms with Gasteiger partial charge < -0.3 is 34.0 Å². The predicted octanol–water partition coefficient (Wildman–Crippen LogP) is 15.4. The summed E-state index contributed by atoms with van der Waals surface area (Å²) in [5.41, 5.74) is 15.3. The van der Waals surface area contributed by atoms with Crippen molar-refractivity contribution in [2.75, 3.05) is 10.6 Å². The fourth-order valence-electron chi connectivity index (χ4n) is 7.76. The second kappa shape index (κ2) is 25.8. The van der Waals surface area contributed by atoms with Gasteiger partial charge in [-0.05, 0) is 190 Å². The Morgan fingerprint density at radius 3 is 1.34 bits per heavy atom. The van der Waals surface area contributed by atoms with E-state index in [4.69, 9.17) is 38.7 Å². The highest BCUT2D eigenvalue weighted by Crippen LogP contribution is 2.50. The fraction of sp³-hybridized carbons (Fsp3) is 0.0164. The summed E-state index contributed by atoms with van der Waals surface area (Å²) in [6.45, 7) is 0. The highest BCUT2D eigenvalue weighted by Gasteiger charge is 2.25. The number of nitrogens with two attached hydrogens (primary N) is 1. The van der Waals surface area contributed by atoms with Crippen molar-refractivity contribution in [1.29, 1.82) is 0 Å². The molecule has 0 fully saturated rings. The standard InChI is InChI=1S/C24H15N3O2.C13H10O.C12H7IN2O.C6H5I.C5H6N2O.CO2/c1-3-8-20-18(6-1)27(19-7-2-4-9-21(19)28-20)17-13-11-16(12-14-17)24-26-23-22(29-24)10-5-15-25-23;1-3-7-12-10(5-1)9-11-6-2-4-8-13(11)14-12;13-9-5-3-8(4-6-9)12-15-11-10(16-12)2-1-7-14-11;7-6-4-2-1-3-5-6;6-5-4(8)2-1-3-7-5;2-1-3/h1-15H;1-8H,9H2;1-7H;1-5H;1-3,8H,(H2,6,7);. The molecule has 0 atom stereocenters. The first-order valence-electron chi connectivity index (χ1n) is 23.6. The second-order valence-corrected chi connectivity index (χ2v) is 18.9. The maximum absolute atomic E-state index is 8.73. The van der Waals surface area contributed by atoms with Crippen molar-refractivity contribution < 1.29 is 33.0 Å².